The fourth-order valence-corrected chi connectivity index (χ4v) is 2.96. The van der Waals surface area contributed by atoms with Crippen LogP contribution in [0.5, 0.6) is 0 Å². The Bertz CT molecular complexity index is 528. The van der Waals surface area contributed by atoms with E-state index in [-0.39, 0.29) is 6.03 Å². The van der Waals surface area contributed by atoms with Gasteiger partial charge in [0.2, 0.25) is 0 Å². The van der Waals surface area contributed by atoms with Crippen molar-refractivity contribution in [1.82, 2.24) is 20.0 Å². The van der Waals surface area contributed by atoms with Crippen LogP contribution in [0.3, 0.4) is 0 Å². The summed E-state index contributed by atoms with van der Waals surface area (Å²) in [5, 5.41) is 16.3. The Morgan fingerprint density at radius 2 is 2.29 bits per heavy atom. The van der Waals surface area contributed by atoms with E-state index in [2.05, 4.69) is 10.4 Å². The number of urea groups is 1. The average molecular weight is 294 g/mol. The van der Waals surface area contributed by atoms with E-state index < -0.39 is 11.5 Å². The quantitative estimate of drug-likeness (QED) is 0.848. The molecule has 0 saturated carbocycles. The minimum Gasteiger partial charge on any atom is -0.479 e. The molecular formula is C14H22N4O3. The maximum Gasteiger partial charge on any atom is 0.329 e. The van der Waals surface area contributed by atoms with Crippen LogP contribution in [0.25, 0.3) is 0 Å². The van der Waals surface area contributed by atoms with Gasteiger partial charge < -0.3 is 15.3 Å². The Morgan fingerprint density at radius 1 is 1.52 bits per heavy atom. The average Bonchev–Trinajstić information content (AvgIpc) is 3.06. The predicted molar refractivity (Wildman–Crippen MR) is 76.9 cm³/mol. The molecule has 0 radical (unpaired) electrons. The number of carboxylic acids is 1. The second kappa shape index (κ2) is 6.15. The lowest BCUT2D eigenvalue weighted by Gasteiger charge is -2.33. The first-order chi connectivity index (χ1) is 10.0. The third kappa shape index (κ3) is 2.86. The summed E-state index contributed by atoms with van der Waals surface area (Å²) in [5.41, 5.74) is -0.0203. The fourth-order valence-electron chi connectivity index (χ4n) is 2.96. The van der Waals surface area contributed by atoms with E-state index in [1.54, 1.807) is 10.9 Å². The molecule has 1 aliphatic rings. The molecule has 7 heteroatoms. The van der Waals surface area contributed by atoms with Crippen molar-refractivity contribution in [3.8, 4) is 0 Å². The summed E-state index contributed by atoms with van der Waals surface area (Å²) in [6, 6.07) is 1.61. The van der Waals surface area contributed by atoms with Crippen LogP contribution in [-0.4, -0.2) is 50.4 Å². The molecule has 21 heavy (non-hydrogen) atoms. The third-order valence-electron chi connectivity index (χ3n) is 4.30. The zero-order valence-corrected chi connectivity index (χ0v) is 12.5. The Labute approximate surface area is 123 Å². The Balaban J connectivity index is 1.93. The van der Waals surface area contributed by atoms with E-state index >= 15 is 0 Å². The molecule has 116 valence electrons. The van der Waals surface area contributed by atoms with Crippen LogP contribution in [0.15, 0.2) is 12.3 Å². The molecule has 0 spiro atoms. The molecular weight excluding hydrogens is 272 g/mol. The third-order valence-corrected chi connectivity index (χ3v) is 4.30. The van der Waals surface area contributed by atoms with Gasteiger partial charge in [0.1, 0.15) is 5.54 Å². The Hall–Kier alpha value is -2.05. The number of carbonyl (C=O) groups is 2. The largest absolute Gasteiger partial charge is 0.479 e. The molecule has 1 aliphatic heterocycles. The van der Waals surface area contributed by atoms with Gasteiger partial charge in [0.15, 0.2) is 0 Å². The molecule has 7 nitrogen and oxygen atoms in total. The van der Waals surface area contributed by atoms with E-state index in [1.165, 1.54) is 4.90 Å². The highest BCUT2D eigenvalue weighted by molar-refractivity contribution is 5.87. The number of hydrogen-bond acceptors (Lipinski definition) is 3. The molecule has 2 amide bonds. The van der Waals surface area contributed by atoms with Crippen molar-refractivity contribution < 1.29 is 14.7 Å². The number of aromatic nitrogens is 2. The van der Waals surface area contributed by atoms with Crippen molar-refractivity contribution in [2.24, 2.45) is 7.05 Å². The summed E-state index contributed by atoms with van der Waals surface area (Å²) < 4.78 is 1.76. The zero-order valence-electron chi connectivity index (χ0n) is 12.5. The SMILES string of the molecule is CCC1(C(=O)O)CCCN1C(=O)NCCc1ccnn1C. The van der Waals surface area contributed by atoms with E-state index in [4.69, 9.17) is 0 Å². The van der Waals surface area contributed by atoms with Crippen molar-refractivity contribution in [3.05, 3.63) is 18.0 Å². The highest BCUT2D eigenvalue weighted by Crippen LogP contribution is 2.32. The molecule has 0 bridgehead atoms. The smallest absolute Gasteiger partial charge is 0.329 e. The first-order valence-electron chi connectivity index (χ1n) is 7.27. The van der Waals surface area contributed by atoms with Gasteiger partial charge in [-0.1, -0.05) is 6.92 Å². The second-order valence-corrected chi connectivity index (χ2v) is 5.37. The molecule has 1 aromatic heterocycles. The summed E-state index contributed by atoms with van der Waals surface area (Å²) in [5.74, 6) is -0.913. The summed E-state index contributed by atoms with van der Waals surface area (Å²) in [7, 11) is 1.85. The summed E-state index contributed by atoms with van der Waals surface area (Å²) in [6.45, 7) is 2.78. The van der Waals surface area contributed by atoms with Gasteiger partial charge in [0.25, 0.3) is 0 Å². The molecule has 1 fully saturated rings. The normalized spacial score (nSPS) is 21.5. The van der Waals surface area contributed by atoms with Gasteiger partial charge >= 0.3 is 12.0 Å². The monoisotopic (exact) mass is 294 g/mol. The van der Waals surface area contributed by atoms with E-state index in [0.29, 0.717) is 32.4 Å². The second-order valence-electron chi connectivity index (χ2n) is 5.37. The molecule has 0 aromatic carbocycles. The number of rotatable bonds is 5. The topological polar surface area (TPSA) is 87.5 Å². The maximum absolute atomic E-state index is 12.3. The first kappa shape index (κ1) is 15.3. The van der Waals surface area contributed by atoms with Crippen molar-refractivity contribution in [2.45, 2.75) is 38.1 Å². The lowest BCUT2D eigenvalue weighted by molar-refractivity contribution is -0.148. The molecule has 2 rings (SSSR count). The number of amides is 2. The van der Waals surface area contributed by atoms with E-state index in [0.717, 1.165) is 12.1 Å². The maximum atomic E-state index is 12.3. The van der Waals surface area contributed by atoms with Crippen LogP contribution in [0, 0.1) is 0 Å². The van der Waals surface area contributed by atoms with E-state index in [9.17, 15) is 14.7 Å². The van der Waals surface area contributed by atoms with Crippen LogP contribution >= 0.6 is 0 Å². The molecule has 0 aliphatic carbocycles. The van der Waals surface area contributed by atoms with Crippen molar-refractivity contribution >= 4 is 12.0 Å². The minimum atomic E-state index is -1.05. The molecule has 1 unspecified atom stereocenters. The predicted octanol–water partition coefficient (Wildman–Crippen LogP) is 1.00. The number of carbonyl (C=O) groups excluding carboxylic acids is 1. The van der Waals surface area contributed by atoms with E-state index in [1.807, 2.05) is 20.0 Å². The Morgan fingerprint density at radius 3 is 2.86 bits per heavy atom. The van der Waals surface area contributed by atoms with Crippen LogP contribution in [0.1, 0.15) is 31.9 Å². The van der Waals surface area contributed by atoms with Gasteiger partial charge in [-0.05, 0) is 25.3 Å². The van der Waals surface area contributed by atoms with Crippen molar-refractivity contribution in [3.63, 3.8) is 0 Å². The van der Waals surface area contributed by atoms with Gasteiger partial charge in [-0.15, -0.1) is 0 Å². The number of carboxylic acid groups (broad SMARTS) is 1. The number of aryl methyl sites for hydroxylation is 1. The minimum absolute atomic E-state index is 0.293. The van der Waals surface area contributed by atoms with Gasteiger partial charge in [-0.2, -0.15) is 5.10 Å². The Kier molecular flexibility index (Phi) is 4.50. The molecule has 1 saturated heterocycles. The lowest BCUT2D eigenvalue weighted by Crippen LogP contribution is -2.55. The van der Waals surface area contributed by atoms with Gasteiger partial charge in [-0.25, -0.2) is 9.59 Å². The van der Waals surface area contributed by atoms with Crippen LogP contribution in [0.4, 0.5) is 4.79 Å². The van der Waals surface area contributed by atoms with Crippen LogP contribution < -0.4 is 5.32 Å². The number of aliphatic carboxylic acids is 1. The van der Waals surface area contributed by atoms with Gasteiger partial charge in [0.05, 0.1) is 0 Å². The number of nitrogens with one attached hydrogen (secondary N) is 1. The molecule has 1 aromatic rings. The van der Waals surface area contributed by atoms with Crippen LogP contribution in [0.2, 0.25) is 0 Å². The van der Waals surface area contributed by atoms with Crippen molar-refractivity contribution in [1.29, 1.82) is 0 Å². The van der Waals surface area contributed by atoms with Gasteiger partial charge in [0, 0.05) is 38.4 Å². The number of likely N-dealkylation sites (tertiary alicyclic amines) is 1. The molecule has 2 heterocycles. The lowest BCUT2D eigenvalue weighted by atomic mass is 9.93. The number of nitrogens with zero attached hydrogens (tertiary/aromatic N) is 3. The zero-order chi connectivity index (χ0) is 15.5. The summed E-state index contributed by atoms with van der Waals surface area (Å²) in [4.78, 5) is 25.3. The highest BCUT2D eigenvalue weighted by Gasteiger charge is 2.48. The van der Waals surface area contributed by atoms with Crippen molar-refractivity contribution in [2.75, 3.05) is 13.1 Å². The summed E-state index contributed by atoms with van der Waals surface area (Å²) >= 11 is 0. The van der Waals surface area contributed by atoms with Crippen LogP contribution in [-0.2, 0) is 18.3 Å². The standard InChI is InChI=1S/C14H22N4O3/c1-3-14(12(19)20)7-4-10-18(14)13(21)15-8-5-11-6-9-16-17(11)2/h6,9H,3-5,7-8,10H2,1-2H3,(H,15,21)(H,19,20). The molecule has 1 atom stereocenters. The summed E-state index contributed by atoms with van der Waals surface area (Å²) in [6.07, 6.45) is 4.06. The highest BCUT2D eigenvalue weighted by atomic mass is 16.4. The fraction of sp³-hybridized carbons (Fsp3) is 0.643. The first-order valence-corrected chi connectivity index (χ1v) is 7.27. The molecule has 2 N–H and O–H groups in total. The number of hydrogen-bond donors (Lipinski definition) is 2. The van der Waals surface area contributed by atoms with Gasteiger partial charge in [-0.3, -0.25) is 4.68 Å².